The maximum atomic E-state index is 12.5. The van der Waals surface area contributed by atoms with Crippen molar-refractivity contribution in [3.8, 4) is 0 Å². The quantitative estimate of drug-likeness (QED) is 0.659. The Morgan fingerprint density at radius 3 is 2.50 bits per heavy atom. The number of piperidine rings is 1. The predicted octanol–water partition coefficient (Wildman–Crippen LogP) is 0.899. The van der Waals surface area contributed by atoms with Crippen LogP contribution in [-0.4, -0.2) is 53.1 Å². The number of hydrogen-bond acceptors (Lipinski definition) is 4. The predicted molar refractivity (Wildman–Crippen MR) is 99.1 cm³/mol. The van der Waals surface area contributed by atoms with Gasteiger partial charge in [-0.3, -0.25) is 14.5 Å². The lowest BCUT2D eigenvalue weighted by atomic mass is 9.78. The highest BCUT2D eigenvalue weighted by Gasteiger charge is 2.47. The van der Waals surface area contributed by atoms with Gasteiger partial charge in [-0.1, -0.05) is 37.3 Å². The van der Waals surface area contributed by atoms with Gasteiger partial charge in [0.2, 0.25) is 11.8 Å². The molecule has 2 aliphatic heterocycles. The van der Waals surface area contributed by atoms with E-state index in [4.69, 9.17) is 0 Å². The third-order valence-electron chi connectivity index (χ3n) is 5.65. The summed E-state index contributed by atoms with van der Waals surface area (Å²) in [5.41, 5.74) is 1.31. The van der Waals surface area contributed by atoms with Crippen LogP contribution in [0.15, 0.2) is 30.3 Å². The summed E-state index contributed by atoms with van der Waals surface area (Å²) in [6.07, 6.45) is 1.13. The van der Waals surface area contributed by atoms with Gasteiger partial charge in [-0.15, -0.1) is 0 Å². The van der Waals surface area contributed by atoms with Gasteiger partial charge in [0, 0.05) is 25.7 Å². The van der Waals surface area contributed by atoms with E-state index in [1.165, 1.54) is 5.56 Å². The zero-order chi connectivity index (χ0) is 18.7. The lowest BCUT2D eigenvalue weighted by molar-refractivity contribution is -0.145. The van der Waals surface area contributed by atoms with E-state index in [1.54, 1.807) is 6.92 Å². The van der Waals surface area contributed by atoms with Gasteiger partial charge in [0.05, 0.1) is 24.0 Å². The molecule has 2 saturated heterocycles. The highest BCUT2D eigenvalue weighted by Crippen LogP contribution is 2.26. The highest BCUT2D eigenvalue weighted by molar-refractivity contribution is 5.90. The number of hydrogen-bond donors (Lipinski definition) is 3. The van der Waals surface area contributed by atoms with Gasteiger partial charge in [-0.2, -0.15) is 0 Å². The molecule has 0 saturated carbocycles. The summed E-state index contributed by atoms with van der Waals surface area (Å²) in [5, 5.41) is 15.6. The molecule has 0 aliphatic carbocycles. The number of benzene rings is 1. The van der Waals surface area contributed by atoms with Crippen LogP contribution in [0.5, 0.6) is 0 Å². The Morgan fingerprint density at radius 2 is 1.92 bits per heavy atom. The third-order valence-corrected chi connectivity index (χ3v) is 5.65. The Hall–Kier alpha value is -1.92. The van der Waals surface area contributed by atoms with Gasteiger partial charge >= 0.3 is 0 Å². The molecule has 3 rings (SSSR count). The van der Waals surface area contributed by atoms with Crippen LogP contribution < -0.4 is 10.6 Å². The molecule has 142 valence electrons. The number of carbonyl (C=O) groups excluding carboxylic acids is 2. The van der Waals surface area contributed by atoms with Crippen molar-refractivity contribution in [2.75, 3.05) is 13.1 Å². The maximum Gasteiger partial charge on any atom is 0.228 e. The van der Waals surface area contributed by atoms with Crippen molar-refractivity contribution in [1.29, 1.82) is 0 Å². The van der Waals surface area contributed by atoms with Crippen LogP contribution in [0.1, 0.15) is 32.3 Å². The molecule has 0 radical (unpaired) electrons. The van der Waals surface area contributed by atoms with E-state index in [-0.39, 0.29) is 29.8 Å². The third kappa shape index (κ3) is 4.24. The van der Waals surface area contributed by atoms with Gasteiger partial charge in [0.1, 0.15) is 0 Å². The molecule has 2 heterocycles. The average molecular weight is 359 g/mol. The molecule has 1 aromatic carbocycles. The van der Waals surface area contributed by atoms with Gasteiger partial charge in [-0.25, -0.2) is 0 Å². The van der Waals surface area contributed by atoms with Crippen LogP contribution in [0.25, 0.3) is 0 Å². The molecule has 6 nitrogen and oxygen atoms in total. The molecule has 3 N–H and O–H groups in total. The van der Waals surface area contributed by atoms with Crippen molar-refractivity contribution >= 4 is 11.8 Å². The Labute approximate surface area is 155 Å². The summed E-state index contributed by atoms with van der Waals surface area (Å²) in [5.74, 6) is -1.03. The van der Waals surface area contributed by atoms with Crippen LogP contribution in [0, 0.1) is 11.8 Å². The fraction of sp³-hybridized carbons (Fsp3) is 0.600. The summed E-state index contributed by atoms with van der Waals surface area (Å²) >= 11 is 0. The summed E-state index contributed by atoms with van der Waals surface area (Å²) in [6.45, 7) is 6.29. The molecule has 0 bridgehead atoms. The Morgan fingerprint density at radius 1 is 1.27 bits per heavy atom. The monoisotopic (exact) mass is 359 g/mol. The van der Waals surface area contributed by atoms with E-state index in [9.17, 15) is 14.7 Å². The summed E-state index contributed by atoms with van der Waals surface area (Å²) in [7, 11) is 0. The maximum absolute atomic E-state index is 12.5. The first-order valence-electron chi connectivity index (χ1n) is 9.51. The SMILES string of the molecule is CC(C(=O)NC1CCN(Cc2ccccc2)CC1)[C@H]1NC(=O)[C@@H]1[C@@H](C)O. The minimum absolute atomic E-state index is 0.0397. The summed E-state index contributed by atoms with van der Waals surface area (Å²) in [6, 6.07) is 10.3. The molecule has 0 spiro atoms. The van der Waals surface area contributed by atoms with E-state index in [0.29, 0.717) is 0 Å². The Bertz CT molecular complexity index is 626. The number of nitrogens with zero attached hydrogens (tertiary/aromatic N) is 1. The second-order valence-corrected chi connectivity index (χ2v) is 7.63. The lowest BCUT2D eigenvalue weighted by Crippen LogP contribution is -2.66. The van der Waals surface area contributed by atoms with Crippen LogP contribution in [0.4, 0.5) is 0 Å². The Balaban J connectivity index is 1.44. The zero-order valence-corrected chi connectivity index (χ0v) is 15.5. The van der Waals surface area contributed by atoms with E-state index in [2.05, 4.69) is 39.8 Å². The lowest BCUT2D eigenvalue weighted by Gasteiger charge is -2.42. The molecule has 6 heteroatoms. The molecule has 2 aliphatic rings. The normalized spacial score (nSPS) is 26.5. The van der Waals surface area contributed by atoms with Crippen molar-refractivity contribution in [1.82, 2.24) is 15.5 Å². The number of nitrogens with one attached hydrogen (secondary N) is 2. The molecule has 1 aromatic rings. The molecule has 4 atom stereocenters. The standard InChI is InChI=1S/C20H29N3O3/c1-13(18-17(14(2)24)20(26)22-18)19(25)21-16-8-10-23(11-9-16)12-15-6-4-3-5-7-15/h3-7,13-14,16-18,24H,8-12H2,1-2H3,(H,21,25)(H,22,26)/t13?,14-,17-,18-/m1/s1. The van der Waals surface area contributed by atoms with Crippen LogP contribution in [0.3, 0.4) is 0 Å². The number of likely N-dealkylation sites (tertiary alicyclic amines) is 1. The molecular formula is C20H29N3O3. The molecule has 26 heavy (non-hydrogen) atoms. The number of carbonyl (C=O) groups is 2. The topological polar surface area (TPSA) is 81.7 Å². The first-order chi connectivity index (χ1) is 12.5. The number of amides is 2. The van der Waals surface area contributed by atoms with Gasteiger partial charge in [-0.05, 0) is 25.3 Å². The smallest absolute Gasteiger partial charge is 0.228 e. The number of aliphatic hydroxyl groups is 1. The molecule has 0 aromatic heterocycles. The van der Waals surface area contributed by atoms with Crippen molar-refractivity contribution < 1.29 is 14.7 Å². The fourth-order valence-electron chi connectivity index (χ4n) is 3.95. The average Bonchev–Trinajstić information content (AvgIpc) is 2.61. The van der Waals surface area contributed by atoms with Crippen molar-refractivity contribution in [3.05, 3.63) is 35.9 Å². The molecule has 2 fully saturated rings. The van der Waals surface area contributed by atoms with E-state index >= 15 is 0 Å². The van der Waals surface area contributed by atoms with Gasteiger partial charge in [0.25, 0.3) is 0 Å². The summed E-state index contributed by atoms with van der Waals surface area (Å²) < 4.78 is 0. The summed E-state index contributed by atoms with van der Waals surface area (Å²) in [4.78, 5) is 26.5. The Kier molecular flexibility index (Phi) is 5.94. The second-order valence-electron chi connectivity index (χ2n) is 7.63. The first-order valence-corrected chi connectivity index (χ1v) is 9.51. The molecule has 1 unspecified atom stereocenters. The van der Waals surface area contributed by atoms with Crippen LogP contribution in [0.2, 0.25) is 0 Å². The second kappa shape index (κ2) is 8.18. The van der Waals surface area contributed by atoms with Crippen molar-refractivity contribution in [2.45, 2.75) is 51.4 Å². The first kappa shape index (κ1) is 18.9. The number of β-lactam (4-membered cyclic amide) rings is 1. The van der Waals surface area contributed by atoms with E-state index in [0.717, 1.165) is 32.5 Å². The van der Waals surface area contributed by atoms with Crippen LogP contribution in [-0.2, 0) is 16.1 Å². The molecular weight excluding hydrogens is 330 g/mol. The largest absolute Gasteiger partial charge is 0.393 e. The van der Waals surface area contributed by atoms with Gasteiger partial charge < -0.3 is 15.7 Å². The highest BCUT2D eigenvalue weighted by atomic mass is 16.3. The van der Waals surface area contributed by atoms with E-state index in [1.807, 2.05) is 13.0 Å². The van der Waals surface area contributed by atoms with Crippen molar-refractivity contribution in [2.24, 2.45) is 11.8 Å². The van der Waals surface area contributed by atoms with Gasteiger partial charge in [0.15, 0.2) is 0 Å². The number of rotatable bonds is 6. The minimum atomic E-state index is -0.731. The van der Waals surface area contributed by atoms with E-state index < -0.39 is 12.0 Å². The zero-order valence-electron chi connectivity index (χ0n) is 15.5. The fourth-order valence-corrected chi connectivity index (χ4v) is 3.95. The minimum Gasteiger partial charge on any atom is -0.393 e. The van der Waals surface area contributed by atoms with Crippen molar-refractivity contribution in [3.63, 3.8) is 0 Å². The van der Waals surface area contributed by atoms with Crippen LogP contribution >= 0.6 is 0 Å². The molecule has 2 amide bonds. The number of aliphatic hydroxyl groups excluding tert-OH is 1.